The molecule has 3 rings (SSSR count). The second-order valence-electron chi connectivity index (χ2n) is 5.78. The van der Waals surface area contributed by atoms with Crippen LogP contribution in [0.5, 0.6) is 0 Å². The number of likely N-dealkylation sites (tertiary alicyclic amines) is 1. The molecule has 0 aliphatic carbocycles. The first-order valence-electron chi connectivity index (χ1n) is 6.87. The first kappa shape index (κ1) is 17.6. The molecule has 2 aliphatic heterocycles. The maximum atomic E-state index is 12.4. The molecule has 0 saturated carbocycles. The van der Waals surface area contributed by atoms with Crippen LogP contribution in [0.15, 0.2) is 18.2 Å². The maximum Gasteiger partial charge on any atom is 0.321 e. The number of nitrogens with zero attached hydrogens (tertiary/aromatic N) is 1. The molecule has 5 nitrogen and oxygen atoms in total. The number of nitrogens with one attached hydrogen (secondary N) is 2. The zero-order chi connectivity index (χ0) is 15.0. The lowest BCUT2D eigenvalue weighted by Crippen LogP contribution is -2.39. The van der Waals surface area contributed by atoms with E-state index in [1.54, 1.807) is 23.1 Å². The fourth-order valence-corrected chi connectivity index (χ4v) is 3.64. The van der Waals surface area contributed by atoms with Crippen LogP contribution in [0.1, 0.15) is 0 Å². The molecule has 2 unspecified atom stereocenters. The van der Waals surface area contributed by atoms with Crippen LogP contribution in [0, 0.1) is 11.3 Å². The molecular formula is C14H18Cl3N3O2. The van der Waals surface area contributed by atoms with Crippen molar-refractivity contribution in [2.45, 2.75) is 0 Å². The lowest BCUT2D eigenvalue weighted by Gasteiger charge is -2.25. The van der Waals surface area contributed by atoms with Gasteiger partial charge in [-0.25, -0.2) is 4.79 Å². The number of hydrogen-bond donors (Lipinski definition) is 3. The molecule has 2 saturated heterocycles. The van der Waals surface area contributed by atoms with Gasteiger partial charge in [-0.05, 0) is 24.1 Å². The standard InChI is InChI=1S/C14H17Cl2N3O2.ClH/c15-10-1-2-12(11(16)3-10)18-13(21)19-5-9-4-17-6-14(9,7-19)8-20;/h1-3,9,17,20H,4-8H2,(H,18,21);1H. The van der Waals surface area contributed by atoms with Crippen LogP contribution < -0.4 is 10.6 Å². The Balaban J connectivity index is 0.00000176. The zero-order valence-electron chi connectivity index (χ0n) is 11.8. The topological polar surface area (TPSA) is 64.6 Å². The summed E-state index contributed by atoms with van der Waals surface area (Å²) >= 11 is 11.9. The van der Waals surface area contributed by atoms with Gasteiger partial charge in [-0.2, -0.15) is 0 Å². The Bertz CT molecular complexity index is 572. The van der Waals surface area contributed by atoms with E-state index in [0.717, 1.165) is 13.1 Å². The molecule has 8 heteroatoms. The van der Waals surface area contributed by atoms with Crippen LogP contribution >= 0.6 is 35.6 Å². The average Bonchev–Trinajstić information content (AvgIpc) is 2.98. The van der Waals surface area contributed by atoms with Crippen LogP contribution in [-0.4, -0.2) is 48.8 Å². The van der Waals surface area contributed by atoms with Gasteiger partial charge in [0.05, 0.1) is 17.3 Å². The molecule has 122 valence electrons. The normalized spacial score (nSPS) is 26.5. The van der Waals surface area contributed by atoms with E-state index in [-0.39, 0.29) is 30.5 Å². The Kier molecular flexibility index (Phi) is 5.45. The Morgan fingerprint density at radius 3 is 2.91 bits per heavy atom. The lowest BCUT2D eigenvalue weighted by molar-refractivity contribution is 0.127. The molecule has 0 bridgehead atoms. The highest BCUT2D eigenvalue weighted by molar-refractivity contribution is 6.36. The van der Waals surface area contributed by atoms with Gasteiger partial charge in [0, 0.05) is 36.6 Å². The molecule has 1 aromatic carbocycles. The smallest absolute Gasteiger partial charge is 0.321 e. The summed E-state index contributed by atoms with van der Waals surface area (Å²) in [5.74, 6) is 0.300. The van der Waals surface area contributed by atoms with E-state index >= 15 is 0 Å². The Labute approximate surface area is 145 Å². The number of fused-ring (bicyclic) bond motifs is 1. The monoisotopic (exact) mass is 365 g/mol. The van der Waals surface area contributed by atoms with Gasteiger partial charge in [-0.3, -0.25) is 0 Å². The third-order valence-corrected chi connectivity index (χ3v) is 5.00. The van der Waals surface area contributed by atoms with Gasteiger partial charge in [-0.15, -0.1) is 12.4 Å². The first-order chi connectivity index (χ1) is 10.0. The largest absolute Gasteiger partial charge is 0.396 e. The van der Waals surface area contributed by atoms with Crippen molar-refractivity contribution in [3.8, 4) is 0 Å². The number of halogens is 3. The average molecular weight is 367 g/mol. The number of carbonyl (C=O) groups is 1. The summed E-state index contributed by atoms with van der Waals surface area (Å²) in [4.78, 5) is 14.1. The van der Waals surface area contributed by atoms with Crippen LogP contribution in [0.4, 0.5) is 10.5 Å². The number of rotatable bonds is 2. The molecule has 1 aromatic rings. The minimum absolute atomic E-state index is 0. The van der Waals surface area contributed by atoms with Crippen molar-refractivity contribution in [3.63, 3.8) is 0 Å². The highest BCUT2D eigenvalue weighted by Gasteiger charge is 2.50. The van der Waals surface area contributed by atoms with Gasteiger partial charge in [0.15, 0.2) is 0 Å². The highest BCUT2D eigenvalue weighted by Crippen LogP contribution is 2.38. The molecular weight excluding hydrogens is 349 g/mol. The maximum absolute atomic E-state index is 12.4. The Morgan fingerprint density at radius 1 is 1.50 bits per heavy atom. The molecule has 2 atom stereocenters. The number of hydrogen-bond acceptors (Lipinski definition) is 3. The summed E-state index contributed by atoms with van der Waals surface area (Å²) < 4.78 is 0. The van der Waals surface area contributed by atoms with E-state index < -0.39 is 0 Å². The minimum atomic E-state index is -0.207. The number of amides is 2. The van der Waals surface area contributed by atoms with Crippen molar-refractivity contribution in [2.24, 2.45) is 11.3 Å². The van der Waals surface area contributed by atoms with Crippen LogP contribution in [0.25, 0.3) is 0 Å². The SMILES string of the molecule is Cl.O=C(Nc1ccc(Cl)cc1Cl)N1CC2CNCC2(CO)C1. The fraction of sp³-hybridized carbons (Fsp3) is 0.500. The van der Waals surface area contributed by atoms with Gasteiger partial charge in [-0.1, -0.05) is 23.2 Å². The van der Waals surface area contributed by atoms with E-state index in [9.17, 15) is 9.90 Å². The molecule has 3 N–H and O–H groups in total. The van der Waals surface area contributed by atoms with Gasteiger partial charge in [0.1, 0.15) is 0 Å². The molecule has 2 heterocycles. The van der Waals surface area contributed by atoms with Crippen molar-refractivity contribution < 1.29 is 9.90 Å². The predicted molar refractivity (Wildman–Crippen MR) is 90.2 cm³/mol. The summed E-state index contributed by atoms with van der Waals surface area (Å²) in [5.41, 5.74) is 0.334. The van der Waals surface area contributed by atoms with E-state index in [0.29, 0.717) is 34.7 Å². The van der Waals surface area contributed by atoms with Crippen LogP contribution in [0.3, 0.4) is 0 Å². The second-order valence-corrected chi connectivity index (χ2v) is 6.63. The van der Waals surface area contributed by atoms with Gasteiger partial charge < -0.3 is 20.6 Å². The number of anilines is 1. The van der Waals surface area contributed by atoms with Crippen molar-refractivity contribution >= 4 is 47.3 Å². The van der Waals surface area contributed by atoms with E-state index in [1.165, 1.54) is 0 Å². The van der Waals surface area contributed by atoms with Crippen molar-refractivity contribution in [2.75, 3.05) is 38.1 Å². The van der Waals surface area contributed by atoms with E-state index in [1.807, 2.05) is 0 Å². The van der Waals surface area contributed by atoms with Gasteiger partial charge >= 0.3 is 6.03 Å². The third-order valence-electron chi connectivity index (χ3n) is 4.46. The molecule has 0 spiro atoms. The number of aliphatic hydroxyl groups is 1. The third kappa shape index (κ3) is 3.14. The number of carbonyl (C=O) groups excluding carboxylic acids is 1. The Morgan fingerprint density at radius 2 is 2.27 bits per heavy atom. The van der Waals surface area contributed by atoms with Gasteiger partial charge in [0.25, 0.3) is 0 Å². The summed E-state index contributed by atoms with van der Waals surface area (Å²) in [5, 5.41) is 16.7. The van der Waals surface area contributed by atoms with Crippen molar-refractivity contribution in [3.05, 3.63) is 28.2 Å². The number of benzene rings is 1. The second kappa shape index (κ2) is 6.81. The zero-order valence-corrected chi connectivity index (χ0v) is 14.1. The summed E-state index contributed by atoms with van der Waals surface area (Å²) in [7, 11) is 0. The summed E-state index contributed by atoms with van der Waals surface area (Å²) in [6.45, 7) is 2.88. The quantitative estimate of drug-likeness (QED) is 0.753. The highest BCUT2D eigenvalue weighted by atomic mass is 35.5. The van der Waals surface area contributed by atoms with E-state index in [2.05, 4.69) is 10.6 Å². The molecule has 22 heavy (non-hydrogen) atoms. The van der Waals surface area contributed by atoms with E-state index in [4.69, 9.17) is 23.2 Å². The first-order valence-corrected chi connectivity index (χ1v) is 7.62. The van der Waals surface area contributed by atoms with Crippen molar-refractivity contribution in [1.29, 1.82) is 0 Å². The molecule has 2 aliphatic rings. The van der Waals surface area contributed by atoms with Gasteiger partial charge in [0.2, 0.25) is 0 Å². The predicted octanol–water partition coefficient (Wildman–Crippen LogP) is 2.46. The summed E-state index contributed by atoms with van der Waals surface area (Å²) in [6, 6.07) is 4.77. The molecule has 0 radical (unpaired) electrons. The van der Waals surface area contributed by atoms with Crippen LogP contribution in [-0.2, 0) is 0 Å². The molecule has 0 aromatic heterocycles. The Hall–Kier alpha value is -0.720. The van der Waals surface area contributed by atoms with Crippen molar-refractivity contribution in [1.82, 2.24) is 10.2 Å². The lowest BCUT2D eigenvalue weighted by atomic mass is 9.82. The number of urea groups is 1. The number of aliphatic hydroxyl groups excluding tert-OH is 1. The molecule has 2 fully saturated rings. The minimum Gasteiger partial charge on any atom is -0.396 e. The fourth-order valence-electron chi connectivity index (χ4n) is 3.18. The van der Waals surface area contributed by atoms with Crippen LogP contribution in [0.2, 0.25) is 10.0 Å². The molecule has 2 amide bonds. The summed E-state index contributed by atoms with van der Waals surface area (Å²) in [6.07, 6.45) is 0.